The van der Waals surface area contributed by atoms with Gasteiger partial charge in [-0.15, -0.1) is 0 Å². The molecule has 0 aromatic heterocycles. The van der Waals surface area contributed by atoms with Crippen LogP contribution in [0.25, 0.3) is 0 Å². The molecule has 1 aliphatic rings. The molecule has 0 aromatic carbocycles. The second kappa shape index (κ2) is 6.17. The van der Waals surface area contributed by atoms with Gasteiger partial charge in [-0.25, -0.2) is 13.1 Å². The summed E-state index contributed by atoms with van der Waals surface area (Å²) < 4.78 is 29.7. The van der Waals surface area contributed by atoms with Crippen molar-refractivity contribution < 1.29 is 17.9 Å². The van der Waals surface area contributed by atoms with Gasteiger partial charge in [-0.1, -0.05) is 0 Å². The molecule has 94 valence electrons. The highest BCUT2D eigenvalue weighted by Gasteiger charge is 2.22. The van der Waals surface area contributed by atoms with Crippen LogP contribution in [0.3, 0.4) is 0 Å². The fourth-order valence-corrected chi connectivity index (χ4v) is 2.01. The summed E-state index contributed by atoms with van der Waals surface area (Å²) in [6.45, 7) is 2.69. The minimum Gasteiger partial charge on any atom is -0.368 e. The third kappa shape index (κ3) is 4.46. The molecule has 0 aromatic rings. The van der Waals surface area contributed by atoms with E-state index in [1.807, 2.05) is 0 Å². The number of hydrogen-bond acceptors (Lipinski definition) is 4. The van der Waals surface area contributed by atoms with Gasteiger partial charge in [0.15, 0.2) is 0 Å². The molecule has 0 bridgehead atoms. The fraction of sp³-hybridized carbons (Fsp3) is 0.889. The van der Waals surface area contributed by atoms with Crippen molar-refractivity contribution in [2.24, 2.45) is 0 Å². The quantitative estimate of drug-likeness (QED) is 0.606. The zero-order valence-electron chi connectivity index (χ0n) is 9.36. The van der Waals surface area contributed by atoms with Crippen molar-refractivity contribution in [3.05, 3.63) is 0 Å². The number of carbonyl (C=O) groups is 1. The van der Waals surface area contributed by atoms with Crippen molar-refractivity contribution >= 4 is 15.9 Å². The van der Waals surface area contributed by atoms with Gasteiger partial charge >= 0.3 is 0 Å². The zero-order valence-corrected chi connectivity index (χ0v) is 10.2. The first kappa shape index (κ1) is 13.4. The van der Waals surface area contributed by atoms with Crippen LogP contribution in [0.2, 0.25) is 0 Å². The van der Waals surface area contributed by atoms with Crippen LogP contribution >= 0.6 is 0 Å². The highest BCUT2D eigenvalue weighted by Crippen LogP contribution is 2.11. The third-order valence-electron chi connectivity index (χ3n) is 2.35. The normalized spacial score (nSPS) is 20.9. The molecule has 0 spiro atoms. The van der Waals surface area contributed by atoms with Gasteiger partial charge in [0, 0.05) is 19.7 Å². The number of nitrogens with one attached hydrogen (secondary N) is 2. The van der Waals surface area contributed by atoms with E-state index >= 15 is 0 Å². The number of sulfonamides is 1. The molecular weight excluding hydrogens is 232 g/mol. The minimum absolute atomic E-state index is 0.0483. The van der Waals surface area contributed by atoms with Crippen molar-refractivity contribution in [2.75, 3.05) is 25.4 Å². The standard InChI is InChI=1S/C9H18N2O4S/c1-2-16(13,14)11-6-5-10-9(12)8-4-3-7-15-8/h8,11H,2-7H2,1H3,(H,10,12). The lowest BCUT2D eigenvalue weighted by molar-refractivity contribution is -0.129. The van der Waals surface area contributed by atoms with Gasteiger partial charge in [-0.3, -0.25) is 4.79 Å². The molecule has 1 atom stereocenters. The largest absolute Gasteiger partial charge is 0.368 e. The monoisotopic (exact) mass is 250 g/mol. The second-order valence-electron chi connectivity index (χ2n) is 3.59. The van der Waals surface area contributed by atoms with Crippen molar-refractivity contribution in [3.63, 3.8) is 0 Å². The molecule has 1 unspecified atom stereocenters. The van der Waals surface area contributed by atoms with Crippen LogP contribution in [0.1, 0.15) is 19.8 Å². The first-order valence-corrected chi connectivity index (χ1v) is 7.07. The smallest absolute Gasteiger partial charge is 0.249 e. The molecule has 1 rings (SSSR count). The van der Waals surface area contributed by atoms with E-state index < -0.39 is 10.0 Å². The predicted molar refractivity (Wildman–Crippen MR) is 59.4 cm³/mol. The van der Waals surface area contributed by atoms with E-state index in [4.69, 9.17) is 4.74 Å². The van der Waals surface area contributed by atoms with Crippen molar-refractivity contribution in [1.82, 2.24) is 10.0 Å². The first-order chi connectivity index (χ1) is 7.55. The van der Waals surface area contributed by atoms with Crippen molar-refractivity contribution in [3.8, 4) is 0 Å². The number of rotatable bonds is 6. The Balaban J connectivity index is 2.13. The first-order valence-electron chi connectivity index (χ1n) is 5.42. The Morgan fingerprint density at radius 3 is 2.75 bits per heavy atom. The SMILES string of the molecule is CCS(=O)(=O)NCCNC(=O)C1CCCO1. The molecule has 7 heteroatoms. The number of carbonyl (C=O) groups excluding carboxylic acids is 1. The molecule has 0 radical (unpaired) electrons. The molecule has 1 saturated heterocycles. The summed E-state index contributed by atoms with van der Waals surface area (Å²) in [5.74, 6) is -0.111. The van der Waals surface area contributed by atoms with Crippen LogP contribution in [0, 0.1) is 0 Å². The minimum atomic E-state index is -3.17. The lowest BCUT2D eigenvalue weighted by Crippen LogP contribution is -2.39. The third-order valence-corrected chi connectivity index (χ3v) is 3.75. The number of hydrogen-bond donors (Lipinski definition) is 2. The van der Waals surface area contributed by atoms with E-state index in [2.05, 4.69) is 10.0 Å². The summed E-state index contributed by atoms with van der Waals surface area (Å²) in [7, 11) is -3.17. The lowest BCUT2D eigenvalue weighted by Gasteiger charge is -2.10. The predicted octanol–water partition coefficient (Wildman–Crippen LogP) is -0.779. The van der Waals surface area contributed by atoms with Crippen LogP contribution in [-0.4, -0.2) is 45.9 Å². The van der Waals surface area contributed by atoms with E-state index in [1.165, 1.54) is 0 Å². The Hall–Kier alpha value is -0.660. The summed E-state index contributed by atoms with van der Waals surface area (Å²) in [5, 5.41) is 2.63. The maximum atomic E-state index is 11.4. The Kier molecular flexibility index (Phi) is 5.17. The van der Waals surface area contributed by atoms with Gasteiger partial charge in [-0.2, -0.15) is 0 Å². The van der Waals surface area contributed by atoms with Crippen LogP contribution in [0.5, 0.6) is 0 Å². The molecule has 1 heterocycles. The van der Waals surface area contributed by atoms with Gasteiger partial charge in [0.1, 0.15) is 6.10 Å². The van der Waals surface area contributed by atoms with Gasteiger partial charge in [-0.05, 0) is 19.8 Å². The Labute approximate surface area is 95.8 Å². The molecule has 0 aliphatic carbocycles. The highest BCUT2D eigenvalue weighted by molar-refractivity contribution is 7.89. The Morgan fingerprint density at radius 1 is 1.44 bits per heavy atom. The second-order valence-corrected chi connectivity index (χ2v) is 5.69. The molecule has 0 saturated carbocycles. The van der Waals surface area contributed by atoms with Crippen LogP contribution in [-0.2, 0) is 19.6 Å². The summed E-state index contributed by atoms with van der Waals surface area (Å²) in [6.07, 6.45) is 1.29. The van der Waals surface area contributed by atoms with Crippen molar-refractivity contribution in [1.29, 1.82) is 0 Å². The van der Waals surface area contributed by atoms with E-state index in [0.717, 1.165) is 12.8 Å². The van der Waals surface area contributed by atoms with E-state index in [1.54, 1.807) is 6.92 Å². The van der Waals surface area contributed by atoms with E-state index in [9.17, 15) is 13.2 Å². The van der Waals surface area contributed by atoms with Gasteiger partial charge in [0.05, 0.1) is 5.75 Å². The highest BCUT2D eigenvalue weighted by atomic mass is 32.2. The number of amides is 1. The Morgan fingerprint density at radius 2 is 2.19 bits per heavy atom. The molecule has 6 nitrogen and oxygen atoms in total. The van der Waals surface area contributed by atoms with E-state index in [0.29, 0.717) is 6.61 Å². The summed E-state index contributed by atoms with van der Waals surface area (Å²) in [5.41, 5.74) is 0. The molecule has 16 heavy (non-hydrogen) atoms. The Bertz CT molecular complexity index is 322. The molecule has 2 N–H and O–H groups in total. The number of ether oxygens (including phenoxy) is 1. The van der Waals surface area contributed by atoms with Gasteiger partial charge < -0.3 is 10.1 Å². The van der Waals surface area contributed by atoms with Gasteiger partial charge in [0.2, 0.25) is 15.9 Å². The molecular formula is C9H18N2O4S. The van der Waals surface area contributed by atoms with E-state index in [-0.39, 0.29) is 30.9 Å². The zero-order chi connectivity index (χ0) is 12.0. The average Bonchev–Trinajstić information content (AvgIpc) is 2.77. The summed E-state index contributed by atoms with van der Waals surface area (Å²) >= 11 is 0. The summed E-state index contributed by atoms with van der Waals surface area (Å²) in [6, 6.07) is 0. The maximum absolute atomic E-state index is 11.4. The maximum Gasteiger partial charge on any atom is 0.249 e. The van der Waals surface area contributed by atoms with Crippen molar-refractivity contribution in [2.45, 2.75) is 25.9 Å². The molecule has 1 fully saturated rings. The van der Waals surface area contributed by atoms with Crippen LogP contribution < -0.4 is 10.0 Å². The van der Waals surface area contributed by atoms with Crippen LogP contribution in [0.4, 0.5) is 0 Å². The summed E-state index contributed by atoms with van der Waals surface area (Å²) in [4.78, 5) is 11.4. The average molecular weight is 250 g/mol. The lowest BCUT2D eigenvalue weighted by atomic mass is 10.2. The fourth-order valence-electron chi connectivity index (χ4n) is 1.39. The van der Waals surface area contributed by atoms with Crippen LogP contribution in [0.15, 0.2) is 0 Å². The topological polar surface area (TPSA) is 84.5 Å². The van der Waals surface area contributed by atoms with Gasteiger partial charge in [0.25, 0.3) is 0 Å². The molecule has 1 amide bonds. The molecule has 1 aliphatic heterocycles.